The summed E-state index contributed by atoms with van der Waals surface area (Å²) in [6, 6.07) is 0. The highest BCUT2D eigenvalue weighted by Crippen LogP contribution is 2.23. The molecule has 0 aliphatic rings. The number of aliphatic hydroxyl groups excluding tert-OH is 2. The third-order valence-corrected chi connectivity index (χ3v) is 2.11. The number of aryl methyl sites for hydroxylation is 1. The summed E-state index contributed by atoms with van der Waals surface area (Å²) in [7, 11) is 0. The van der Waals surface area contributed by atoms with Crippen LogP contribution >= 0.6 is 0 Å². The molecule has 0 aliphatic carbocycles. The average Bonchev–Trinajstić information content (AvgIpc) is 2.30. The van der Waals surface area contributed by atoms with Crippen molar-refractivity contribution in [2.45, 2.75) is 46.5 Å². The second kappa shape index (κ2) is 7.61. The molecule has 0 bridgehead atoms. The Hall–Kier alpha value is -1.93. The molecule has 20 heavy (non-hydrogen) atoms. The van der Waals surface area contributed by atoms with Gasteiger partial charge in [0.25, 0.3) is 5.09 Å². The lowest BCUT2D eigenvalue weighted by molar-refractivity contribution is -0.778. The SMILES string of the molecule is CC(C)(C)O[N+](=O)[O-].Cc1ncc(CO)c(CO)c1O. The van der Waals surface area contributed by atoms with E-state index in [1.165, 1.54) is 6.20 Å². The molecule has 8 heteroatoms. The van der Waals surface area contributed by atoms with Crippen molar-refractivity contribution in [1.29, 1.82) is 0 Å². The molecule has 1 heterocycles. The Morgan fingerprint density at radius 1 is 1.35 bits per heavy atom. The molecule has 0 atom stereocenters. The van der Waals surface area contributed by atoms with E-state index in [9.17, 15) is 15.2 Å². The zero-order valence-electron chi connectivity index (χ0n) is 12.0. The maximum atomic E-state index is 9.60. The molecule has 0 unspecified atom stereocenters. The number of aromatic hydroxyl groups is 1. The zero-order valence-corrected chi connectivity index (χ0v) is 12.0. The van der Waals surface area contributed by atoms with E-state index in [-0.39, 0.29) is 19.0 Å². The van der Waals surface area contributed by atoms with E-state index in [2.05, 4.69) is 9.82 Å². The van der Waals surface area contributed by atoms with Crippen LogP contribution in [0.1, 0.15) is 37.6 Å². The lowest BCUT2D eigenvalue weighted by Gasteiger charge is -2.13. The van der Waals surface area contributed by atoms with Crippen LogP contribution in [0.2, 0.25) is 0 Å². The number of aliphatic hydroxyl groups is 2. The van der Waals surface area contributed by atoms with Crippen LogP contribution in [0, 0.1) is 17.0 Å². The van der Waals surface area contributed by atoms with Crippen LogP contribution in [-0.2, 0) is 18.1 Å². The summed E-state index contributed by atoms with van der Waals surface area (Å²) in [4.78, 5) is 17.6. The van der Waals surface area contributed by atoms with Crippen molar-refractivity contribution in [3.8, 4) is 5.75 Å². The normalized spacial score (nSPS) is 10.5. The van der Waals surface area contributed by atoms with E-state index in [0.29, 0.717) is 16.8 Å². The molecule has 0 saturated carbocycles. The van der Waals surface area contributed by atoms with Crippen LogP contribution in [0.3, 0.4) is 0 Å². The molecule has 3 N–H and O–H groups in total. The molecule has 0 aromatic carbocycles. The Labute approximate surface area is 116 Å². The summed E-state index contributed by atoms with van der Waals surface area (Å²) in [6.07, 6.45) is 1.45. The highest BCUT2D eigenvalue weighted by Gasteiger charge is 2.13. The Balaban J connectivity index is 0.000000396. The van der Waals surface area contributed by atoms with Gasteiger partial charge in [0.15, 0.2) is 0 Å². The molecular weight excluding hydrogens is 268 g/mol. The minimum Gasteiger partial charge on any atom is -0.506 e. The van der Waals surface area contributed by atoms with Gasteiger partial charge in [-0.1, -0.05) is 0 Å². The van der Waals surface area contributed by atoms with Gasteiger partial charge in [-0.15, -0.1) is 10.1 Å². The van der Waals surface area contributed by atoms with Gasteiger partial charge in [-0.05, 0) is 27.7 Å². The van der Waals surface area contributed by atoms with E-state index >= 15 is 0 Å². The van der Waals surface area contributed by atoms with Gasteiger partial charge in [0.1, 0.15) is 11.4 Å². The van der Waals surface area contributed by atoms with E-state index < -0.39 is 10.7 Å². The van der Waals surface area contributed by atoms with E-state index in [4.69, 9.17) is 10.2 Å². The Morgan fingerprint density at radius 2 is 1.90 bits per heavy atom. The van der Waals surface area contributed by atoms with Gasteiger partial charge in [0.2, 0.25) is 0 Å². The molecule has 8 nitrogen and oxygen atoms in total. The lowest BCUT2D eigenvalue weighted by Crippen LogP contribution is -2.22. The summed E-state index contributed by atoms with van der Waals surface area (Å²) in [5, 5.41) is 35.8. The number of rotatable bonds is 3. The van der Waals surface area contributed by atoms with Crippen molar-refractivity contribution >= 4 is 0 Å². The van der Waals surface area contributed by atoms with E-state index in [1.54, 1.807) is 27.7 Å². The topological polar surface area (TPSA) is 126 Å². The average molecular weight is 288 g/mol. The van der Waals surface area contributed by atoms with Crippen molar-refractivity contribution in [3.63, 3.8) is 0 Å². The Morgan fingerprint density at radius 3 is 2.20 bits per heavy atom. The molecule has 1 aromatic rings. The predicted octanol–water partition coefficient (Wildman–Crippen LogP) is 1.07. The van der Waals surface area contributed by atoms with Gasteiger partial charge in [-0.25, -0.2) is 0 Å². The van der Waals surface area contributed by atoms with Gasteiger partial charge in [0, 0.05) is 17.3 Å². The van der Waals surface area contributed by atoms with Crippen LogP contribution in [0.25, 0.3) is 0 Å². The number of hydrogen-bond donors (Lipinski definition) is 3. The monoisotopic (exact) mass is 288 g/mol. The zero-order chi connectivity index (χ0) is 15.9. The summed E-state index contributed by atoms with van der Waals surface area (Å²) >= 11 is 0. The maximum Gasteiger partial charge on any atom is 0.295 e. The molecule has 1 aromatic heterocycles. The van der Waals surface area contributed by atoms with Gasteiger partial charge in [0.05, 0.1) is 18.9 Å². The van der Waals surface area contributed by atoms with Crippen LogP contribution in [-0.4, -0.2) is 31.0 Å². The van der Waals surface area contributed by atoms with E-state index in [1.807, 2.05) is 0 Å². The van der Waals surface area contributed by atoms with Crippen LogP contribution < -0.4 is 0 Å². The Bertz CT molecular complexity index is 456. The molecule has 0 saturated heterocycles. The Kier molecular flexibility index (Phi) is 6.87. The van der Waals surface area contributed by atoms with Crippen molar-refractivity contribution in [3.05, 3.63) is 33.1 Å². The molecule has 114 valence electrons. The summed E-state index contributed by atoms with van der Waals surface area (Å²) < 4.78 is 0. The van der Waals surface area contributed by atoms with Gasteiger partial charge in [-0.3, -0.25) is 4.98 Å². The fourth-order valence-electron chi connectivity index (χ4n) is 1.22. The molecule has 0 spiro atoms. The fraction of sp³-hybridized carbons (Fsp3) is 0.583. The minimum absolute atomic E-state index is 0.0379. The molecule has 0 aliphatic heterocycles. The van der Waals surface area contributed by atoms with Gasteiger partial charge < -0.3 is 20.2 Å². The highest BCUT2D eigenvalue weighted by molar-refractivity contribution is 5.39. The second-order valence-corrected chi connectivity index (χ2v) is 4.94. The second-order valence-electron chi connectivity index (χ2n) is 4.94. The first kappa shape index (κ1) is 18.1. The first-order valence-electron chi connectivity index (χ1n) is 5.84. The summed E-state index contributed by atoms with van der Waals surface area (Å²) in [5.74, 6) is -0.0379. The third kappa shape index (κ3) is 6.30. The molecule has 0 radical (unpaired) electrons. The number of nitrogens with zero attached hydrogens (tertiary/aromatic N) is 2. The lowest BCUT2D eigenvalue weighted by atomic mass is 10.1. The molecular formula is C12H20N2O6. The molecule has 0 amide bonds. The largest absolute Gasteiger partial charge is 0.506 e. The fourth-order valence-corrected chi connectivity index (χ4v) is 1.22. The minimum atomic E-state index is -0.792. The van der Waals surface area contributed by atoms with E-state index in [0.717, 1.165) is 0 Å². The number of pyridine rings is 1. The first-order chi connectivity index (χ1) is 9.12. The smallest absolute Gasteiger partial charge is 0.295 e. The van der Waals surface area contributed by atoms with Crippen molar-refractivity contribution in [2.24, 2.45) is 0 Å². The van der Waals surface area contributed by atoms with Gasteiger partial charge >= 0.3 is 0 Å². The van der Waals surface area contributed by atoms with Crippen LogP contribution in [0.5, 0.6) is 5.75 Å². The maximum absolute atomic E-state index is 9.60. The van der Waals surface area contributed by atoms with Gasteiger partial charge in [-0.2, -0.15) is 0 Å². The van der Waals surface area contributed by atoms with Crippen LogP contribution in [0.4, 0.5) is 0 Å². The highest BCUT2D eigenvalue weighted by atomic mass is 17.0. The summed E-state index contributed by atoms with van der Waals surface area (Å²) in [6.45, 7) is 5.98. The summed E-state index contributed by atoms with van der Waals surface area (Å²) in [5.41, 5.74) is 0.589. The standard InChI is InChI=1S/C8H11NO3.C4H9NO3/c1-5-8(12)7(4-11)6(3-10)2-9-5;1-4(2,3)8-5(6)7/h2,10-12H,3-4H2,1H3;1-3H3. The van der Waals surface area contributed by atoms with Crippen molar-refractivity contribution < 1.29 is 25.2 Å². The first-order valence-corrected chi connectivity index (χ1v) is 5.84. The quantitative estimate of drug-likeness (QED) is 0.561. The van der Waals surface area contributed by atoms with Crippen molar-refractivity contribution in [2.75, 3.05) is 0 Å². The van der Waals surface area contributed by atoms with Crippen molar-refractivity contribution in [1.82, 2.24) is 4.98 Å². The number of aromatic nitrogens is 1. The number of hydrogen-bond acceptors (Lipinski definition) is 7. The molecule has 1 rings (SSSR count). The third-order valence-electron chi connectivity index (χ3n) is 2.11. The predicted molar refractivity (Wildman–Crippen MR) is 70.3 cm³/mol. The molecule has 0 fully saturated rings. The van der Waals surface area contributed by atoms with Crippen LogP contribution in [0.15, 0.2) is 6.20 Å².